The summed E-state index contributed by atoms with van der Waals surface area (Å²) < 4.78 is 0.569. The molecule has 0 fully saturated rings. The Morgan fingerprint density at radius 2 is 2.40 bits per heavy atom. The molecule has 0 heterocycles. The Hall–Kier alpha value is -0.290. The second-order valence-electron chi connectivity index (χ2n) is 2.02. The lowest BCUT2D eigenvalue weighted by Crippen LogP contribution is -2.22. The first-order chi connectivity index (χ1) is 4.57. The van der Waals surface area contributed by atoms with Gasteiger partial charge >= 0.3 is 0 Å². The molecule has 0 aliphatic heterocycles. The third kappa shape index (κ3) is 3.68. The Morgan fingerprint density at radius 3 is 2.70 bits per heavy atom. The van der Waals surface area contributed by atoms with E-state index in [9.17, 15) is 0 Å². The van der Waals surface area contributed by atoms with Gasteiger partial charge in [0.2, 0.25) is 0 Å². The lowest BCUT2D eigenvalue weighted by atomic mass is 10.1. The van der Waals surface area contributed by atoms with Gasteiger partial charge in [0.05, 0.1) is 0 Å². The highest BCUT2D eigenvalue weighted by Crippen LogP contribution is 2.05. The molecule has 0 saturated heterocycles. The molecule has 0 aliphatic carbocycles. The van der Waals surface area contributed by atoms with E-state index < -0.39 is 0 Å². The van der Waals surface area contributed by atoms with Crippen LogP contribution in [0.25, 0.3) is 0 Å². The molecule has 0 aromatic rings. The number of thiocarbonyl (C=S) groups is 1. The van der Waals surface area contributed by atoms with Crippen LogP contribution in [0.1, 0.15) is 13.3 Å². The fraction of sp³-hybridized carbons (Fsp3) is 0.600. The van der Waals surface area contributed by atoms with E-state index in [4.69, 9.17) is 23.2 Å². The Labute approximate surface area is 70.7 Å². The van der Waals surface area contributed by atoms with Crippen molar-refractivity contribution >= 4 is 34.9 Å². The summed E-state index contributed by atoms with van der Waals surface area (Å²) >= 11 is 8.62. The van der Waals surface area contributed by atoms with Crippen LogP contribution in [0.15, 0.2) is 5.16 Å². The summed E-state index contributed by atoms with van der Waals surface area (Å²) in [6, 6.07) is 0. The number of thiol groups is 1. The molecule has 3 N–H and O–H groups in total. The summed E-state index contributed by atoms with van der Waals surface area (Å²) in [5.74, 6) is 0.159. The van der Waals surface area contributed by atoms with Gasteiger partial charge in [0, 0.05) is 10.1 Å². The maximum atomic E-state index is 8.21. The molecular formula is C5H10N2OS2. The smallest absolute Gasteiger partial charge is 0.142 e. The molecule has 0 saturated carbocycles. The van der Waals surface area contributed by atoms with E-state index in [1.165, 1.54) is 0 Å². The molecule has 0 bridgehead atoms. The lowest BCUT2D eigenvalue weighted by molar-refractivity contribution is 0.314. The molecule has 10 heavy (non-hydrogen) atoms. The van der Waals surface area contributed by atoms with Gasteiger partial charge in [-0.15, -0.1) is 12.6 Å². The van der Waals surface area contributed by atoms with Gasteiger partial charge in [-0.3, -0.25) is 0 Å². The van der Waals surface area contributed by atoms with Crippen LogP contribution in [-0.2, 0) is 0 Å². The molecular weight excluding hydrogens is 168 g/mol. The Morgan fingerprint density at radius 1 is 1.90 bits per heavy atom. The number of rotatable bonds is 3. The monoisotopic (exact) mass is 178 g/mol. The van der Waals surface area contributed by atoms with Gasteiger partial charge in [0.1, 0.15) is 5.84 Å². The van der Waals surface area contributed by atoms with Gasteiger partial charge in [0.25, 0.3) is 0 Å². The van der Waals surface area contributed by atoms with E-state index in [1.54, 1.807) is 0 Å². The van der Waals surface area contributed by atoms with Crippen molar-refractivity contribution in [2.75, 3.05) is 0 Å². The van der Waals surface area contributed by atoms with Crippen LogP contribution >= 0.6 is 24.8 Å². The van der Waals surface area contributed by atoms with Crippen molar-refractivity contribution in [1.82, 2.24) is 0 Å². The van der Waals surface area contributed by atoms with Gasteiger partial charge < -0.3 is 10.9 Å². The summed E-state index contributed by atoms with van der Waals surface area (Å²) in [7, 11) is 0. The number of nitrogens with zero attached hydrogens (tertiary/aromatic N) is 1. The molecule has 3 nitrogen and oxygen atoms in total. The van der Waals surface area contributed by atoms with Crippen molar-refractivity contribution in [2.24, 2.45) is 16.8 Å². The minimum absolute atomic E-state index is 0.0324. The molecule has 58 valence electrons. The normalized spacial score (nSPS) is 14.8. The molecule has 1 atom stereocenters. The van der Waals surface area contributed by atoms with Crippen molar-refractivity contribution < 1.29 is 5.21 Å². The lowest BCUT2D eigenvalue weighted by Gasteiger charge is -2.05. The second-order valence-corrected chi connectivity index (χ2v) is 3.36. The largest absolute Gasteiger partial charge is 0.409 e. The number of hydrogen-bond acceptors (Lipinski definition) is 3. The first-order valence-electron chi connectivity index (χ1n) is 2.77. The summed E-state index contributed by atoms with van der Waals surface area (Å²) in [5.41, 5.74) is 5.27. The third-order valence-corrected chi connectivity index (χ3v) is 1.45. The van der Waals surface area contributed by atoms with Crippen LogP contribution < -0.4 is 5.73 Å². The van der Waals surface area contributed by atoms with E-state index in [2.05, 4.69) is 17.8 Å². The zero-order chi connectivity index (χ0) is 8.15. The molecule has 0 rings (SSSR count). The second kappa shape index (κ2) is 4.51. The topological polar surface area (TPSA) is 58.6 Å². The fourth-order valence-electron chi connectivity index (χ4n) is 0.465. The molecule has 0 aromatic carbocycles. The summed E-state index contributed by atoms with van der Waals surface area (Å²) in [6.45, 7) is 1.82. The van der Waals surface area contributed by atoms with Gasteiger partial charge in [-0.1, -0.05) is 24.3 Å². The quantitative estimate of drug-likeness (QED) is 0.151. The van der Waals surface area contributed by atoms with Crippen molar-refractivity contribution in [3.8, 4) is 0 Å². The van der Waals surface area contributed by atoms with Crippen LogP contribution in [0, 0.1) is 5.92 Å². The molecule has 0 aliphatic rings. The molecule has 1 unspecified atom stereocenters. The first kappa shape index (κ1) is 9.71. The number of nitrogens with two attached hydrogens (primary N) is 1. The highest BCUT2D eigenvalue weighted by molar-refractivity contribution is 8.11. The van der Waals surface area contributed by atoms with E-state index in [-0.39, 0.29) is 11.8 Å². The van der Waals surface area contributed by atoms with E-state index in [0.717, 1.165) is 0 Å². The summed E-state index contributed by atoms with van der Waals surface area (Å²) in [6.07, 6.45) is 0.564. The zero-order valence-corrected chi connectivity index (χ0v) is 7.32. The number of amidine groups is 1. The maximum absolute atomic E-state index is 8.21. The van der Waals surface area contributed by atoms with Gasteiger partial charge in [-0.2, -0.15) is 0 Å². The number of oxime groups is 1. The summed E-state index contributed by atoms with van der Waals surface area (Å²) in [4.78, 5) is 0. The van der Waals surface area contributed by atoms with Gasteiger partial charge in [0.15, 0.2) is 0 Å². The predicted octanol–water partition coefficient (Wildman–Crippen LogP) is 1.02. The summed E-state index contributed by atoms with van der Waals surface area (Å²) in [5, 5.41) is 11.1. The van der Waals surface area contributed by atoms with Crippen molar-refractivity contribution in [3.63, 3.8) is 0 Å². The Balaban J connectivity index is 3.85. The zero-order valence-electron chi connectivity index (χ0n) is 5.61. The highest BCUT2D eigenvalue weighted by Gasteiger charge is 2.07. The molecule has 0 radical (unpaired) electrons. The van der Waals surface area contributed by atoms with E-state index in [0.29, 0.717) is 10.6 Å². The third-order valence-electron chi connectivity index (χ3n) is 1.10. The Kier molecular flexibility index (Phi) is 4.38. The van der Waals surface area contributed by atoms with Crippen LogP contribution in [0.5, 0.6) is 0 Å². The number of hydrogen-bond donors (Lipinski definition) is 3. The minimum Gasteiger partial charge on any atom is -0.409 e. The molecule has 0 spiro atoms. The van der Waals surface area contributed by atoms with Crippen molar-refractivity contribution in [2.45, 2.75) is 13.3 Å². The van der Waals surface area contributed by atoms with Crippen LogP contribution in [-0.4, -0.2) is 15.2 Å². The van der Waals surface area contributed by atoms with Crippen molar-refractivity contribution in [1.29, 1.82) is 0 Å². The SMILES string of the molecule is CC(CC(=S)S)/C(N)=N/O. The van der Waals surface area contributed by atoms with Crippen LogP contribution in [0.3, 0.4) is 0 Å². The maximum Gasteiger partial charge on any atom is 0.142 e. The van der Waals surface area contributed by atoms with E-state index in [1.807, 2.05) is 6.92 Å². The Bertz CT molecular complexity index is 158. The molecule has 0 aromatic heterocycles. The average Bonchev–Trinajstić information content (AvgIpc) is 1.85. The standard InChI is InChI=1S/C5H10N2OS2/c1-3(2-4(9)10)5(6)7-8/h3,8H,2H2,1H3,(H2,6,7)(H,9,10). The first-order valence-corrected chi connectivity index (χ1v) is 3.62. The molecule has 5 heteroatoms. The minimum atomic E-state index is -0.0324. The van der Waals surface area contributed by atoms with Crippen LogP contribution in [0.2, 0.25) is 0 Å². The average molecular weight is 178 g/mol. The van der Waals surface area contributed by atoms with Crippen molar-refractivity contribution in [3.05, 3.63) is 0 Å². The van der Waals surface area contributed by atoms with Crippen LogP contribution in [0.4, 0.5) is 0 Å². The van der Waals surface area contributed by atoms with Gasteiger partial charge in [-0.05, 0) is 6.42 Å². The highest BCUT2D eigenvalue weighted by atomic mass is 32.1. The van der Waals surface area contributed by atoms with Gasteiger partial charge in [-0.25, -0.2) is 0 Å². The predicted molar refractivity (Wildman–Crippen MR) is 48.8 cm³/mol. The fourth-order valence-corrected chi connectivity index (χ4v) is 0.989. The van der Waals surface area contributed by atoms with E-state index >= 15 is 0 Å². The molecule has 0 amide bonds.